The second kappa shape index (κ2) is 4.07. The molecule has 0 saturated carbocycles. The minimum atomic E-state index is -0.402. The Morgan fingerprint density at radius 3 is 2.71 bits per heavy atom. The first-order valence-corrected chi connectivity index (χ1v) is 4.32. The molecule has 0 fully saturated rings. The molecule has 1 rings (SSSR count). The molecule has 2 N–H and O–H groups in total. The van der Waals surface area contributed by atoms with Crippen LogP contribution >= 0.6 is 0 Å². The maximum atomic E-state index is 9.01. The summed E-state index contributed by atoms with van der Waals surface area (Å²) in [7, 11) is 0. The number of rotatable bonds is 3. The van der Waals surface area contributed by atoms with Crippen LogP contribution in [0.2, 0.25) is 0 Å². The molecule has 4 heteroatoms. The Balaban J connectivity index is 2.75. The van der Waals surface area contributed by atoms with Crippen LogP contribution in [0.15, 0.2) is 18.3 Å². The highest BCUT2D eigenvalue weighted by Gasteiger charge is 2.15. The zero-order valence-electron chi connectivity index (χ0n) is 8.28. The molecule has 1 aromatic heterocycles. The Hall–Kier alpha value is -1.60. The van der Waals surface area contributed by atoms with Gasteiger partial charge in [-0.05, 0) is 26.0 Å². The van der Waals surface area contributed by atoms with Gasteiger partial charge in [0.1, 0.15) is 11.9 Å². The van der Waals surface area contributed by atoms with E-state index in [-0.39, 0.29) is 6.61 Å². The summed E-state index contributed by atoms with van der Waals surface area (Å²) >= 11 is 0. The molecule has 0 saturated heterocycles. The average Bonchev–Trinajstić information content (AvgIpc) is 2.19. The van der Waals surface area contributed by atoms with Crippen molar-refractivity contribution in [2.45, 2.75) is 19.4 Å². The van der Waals surface area contributed by atoms with Crippen LogP contribution in [0.3, 0.4) is 0 Å². The Morgan fingerprint density at radius 1 is 1.57 bits per heavy atom. The van der Waals surface area contributed by atoms with E-state index in [1.54, 1.807) is 12.1 Å². The number of anilines is 1. The van der Waals surface area contributed by atoms with Gasteiger partial charge in [-0.15, -0.1) is 0 Å². The van der Waals surface area contributed by atoms with Crippen molar-refractivity contribution < 1.29 is 5.11 Å². The van der Waals surface area contributed by atoms with Crippen LogP contribution in [0.5, 0.6) is 0 Å². The molecular weight excluding hydrogens is 178 g/mol. The van der Waals surface area contributed by atoms with Gasteiger partial charge in [0.25, 0.3) is 0 Å². The Kier molecular flexibility index (Phi) is 3.05. The molecule has 4 nitrogen and oxygen atoms in total. The van der Waals surface area contributed by atoms with Crippen molar-refractivity contribution in [1.29, 1.82) is 5.26 Å². The lowest BCUT2D eigenvalue weighted by molar-refractivity contribution is 0.234. The molecule has 1 heterocycles. The fraction of sp³-hybridized carbons (Fsp3) is 0.400. The highest BCUT2D eigenvalue weighted by atomic mass is 16.3. The summed E-state index contributed by atoms with van der Waals surface area (Å²) in [6.45, 7) is 3.76. The van der Waals surface area contributed by atoms with Gasteiger partial charge in [-0.25, -0.2) is 4.98 Å². The van der Waals surface area contributed by atoms with Gasteiger partial charge in [-0.1, -0.05) is 0 Å². The third kappa shape index (κ3) is 2.71. The second-order valence-corrected chi connectivity index (χ2v) is 3.71. The van der Waals surface area contributed by atoms with Crippen molar-refractivity contribution in [3.8, 4) is 6.07 Å². The number of aromatic nitrogens is 1. The maximum absolute atomic E-state index is 9.01. The van der Waals surface area contributed by atoms with Crippen molar-refractivity contribution in [2.75, 3.05) is 11.9 Å². The molecule has 0 aliphatic heterocycles. The fourth-order valence-corrected chi connectivity index (χ4v) is 0.920. The van der Waals surface area contributed by atoms with Gasteiger partial charge < -0.3 is 10.4 Å². The molecule has 0 aromatic carbocycles. The number of aliphatic hydroxyl groups is 1. The fourth-order valence-electron chi connectivity index (χ4n) is 0.920. The van der Waals surface area contributed by atoms with E-state index < -0.39 is 5.54 Å². The number of pyridine rings is 1. The quantitative estimate of drug-likeness (QED) is 0.751. The number of hydrogen-bond donors (Lipinski definition) is 2. The Labute approximate surface area is 83.2 Å². The molecule has 0 atom stereocenters. The summed E-state index contributed by atoms with van der Waals surface area (Å²) in [5.41, 5.74) is 0.124. The lowest BCUT2D eigenvalue weighted by Crippen LogP contribution is -2.35. The van der Waals surface area contributed by atoms with E-state index in [1.165, 1.54) is 6.20 Å². The van der Waals surface area contributed by atoms with E-state index in [2.05, 4.69) is 10.3 Å². The molecule has 1 aromatic rings. The lowest BCUT2D eigenvalue weighted by Gasteiger charge is -2.23. The normalized spacial score (nSPS) is 10.7. The minimum Gasteiger partial charge on any atom is -0.394 e. The first-order valence-electron chi connectivity index (χ1n) is 4.32. The summed E-state index contributed by atoms with van der Waals surface area (Å²) in [6.07, 6.45) is 1.50. The van der Waals surface area contributed by atoms with Gasteiger partial charge in [0, 0.05) is 6.20 Å². The highest BCUT2D eigenvalue weighted by Crippen LogP contribution is 2.11. The number of aliphatic hydroxyl groups excluding tert-OH is 1. The smallest absolute Gasteiger partial charge is 0.126 e. The van der Waals surface area contributed by atoms with Gasteiger partial charge >= 0.3 is 0 Å². The van der Waals surface area contributed by atoms with Gasteiger partial charge in [0.05, 0.1) is 17.7 Å². The lowest BCUT2D eigenvalue weighted by atomic mass is 10.1. The van der Waals surface area contributed by atoms with Crippen LogP contribution in [-0.4, -0.2) is 22.2 Å². The van der Waals surface area contributed by atoms with Crippen molar-refractivity contribution in [2.24, 2.45) is 0 Å². The Morgan fingerprint density at radius 2 is 2.29 bits per heavy atom. The van der Waals surface area contributed by atoms with E-state index >= 15 is 0 Å². The zero-order chi connectivity index (χ0) is 10.6. The van der Waals surface area contributed by atoms with Crippen LogP contribution < -0.4 is 5.32 Å². The zero-order valence-corrected chi connectivity index (χ0v) is 8.28. The first-order chi connectivity index (χ1) is 6.57. The number of hydrogen-bond acceptors (Lipinski definition) is 4. The van der Waals surface area contributed by atoms with Crippen molar-refractivity contribution >= 4 is 5.82 Å². The molecule has 0 unspecified atom stereocenters. The van der Waals surface area contributed by atoms with E-state index in [9.17, 15) is 0 Å². The molecule has 0 amide bonds. The number of nitrogens with zero attached hydrogens (tertiary/aromatic N) is 2. The maximum Gasteiger partial charge on any atom is 0.126 e. The van der Waals surface area contributed by atoms with Crippen molar-refractivity contribution in [3.05, 3.63) is 23.9 Å². The van der Waals surface area contributed by atoms with Gasteiger partial charge in [-0.2, -0.15) is 5.26 Å². The molecule has 0 aliphatic rings. The third-order valence-corrected chi connectivity index (χ3v) is 1.75. The molecule has 0 bridgehead atoms. The van der Waals surface area contributed by atoms with Gasteiger partial charge in [-0.3, -0.25) is 0 Å². The van der Waals surface area contributed by atoms with Crippen LogP contribution in [-0.2, 0) is 0 Å². The summed E-state index contributed by atoms with van der Waals surface area (Å²) in [5.74, 6) is 0.656. The van der Waals surface area contributed by atoms with Gasteiger partial charge in [0.2, 0.25) is 0 Å². The topological polar surface area (TPSA) is 68.9 Å². The van der Waals surface area contributed by atoms with E-state index in [4.69, 9.17) is 10.4 Å². The summed E-state index contributed by atoms with van der Waals surface area (Å²) < 4.78 is 0. The summed E-state index contributed by atoms with van der Waals surface area (Å²) in [5, 5.41) is 20.6. The predicted octanol–water partition coefficient (Wildman–Crippen LogP) is 1.14. The molecule has 14 heavy (non-hydrogen) atoms. The standard InChI is InChI=1S/C10H13N3O/c1-10(2,7-14)13-9-4-3-8(5-11)6-12-9/h3-4,6,14H,7H2,1-2H3,(H,12,13). The molecular formula is C10H13N3O. The SMILES string of the molecule is CC(C)(CO)Nc1ccc(C#N)cn1. The van der Waals surface area contributed by atoms with Gasteiger partial charge in [0.15, 0.2) is 0 Å². The monoisotopic (exact) mass is 191 g/mol. The third-order valence-electron chi connectivity index (χ3n) is 1.75. The highest BCUT2D eigenvalue weighted by molar-refractivity contribution is 5.40. The van der Waals surface area contributed by atoms with E-state index in [0.717, 1.165) is 0 Å². The Bertz CT molecular complexity index is 337. The predicted molar refractivity (Wildman–Crippen MR) is 53.7 cm³/mol. The largest absolute Gasteiger partial charge is 0.394 e. The molecule has 0 aliphatic carbocycles. The minimum absolute atomic E-state index is 0.0225. The molecule has 0 spiro atoms. The molecule has 0 radical (unpaired) electrons. The van der Waals surface area contributed by atoms with E-state index in [1.807, 2.05) is 19.9 Å². The van der Waals surface area contributed by atoms with Crippen LogP contribution in [0, 0.1) is 11.3 Å². The number of nitriles is 1. The summed E-state index contributed by atoms with van der Waals surface area (Å²) in [6, 6.07) is 5.39. The van der Waals surface area contributed by atoms with Crippen LogP contribution in [0.4, 0.5) is 5.82 Å². The first kappa shape index (κ1) is 10.5. The summed E-state index contributed by atoms with van der Waals surface area (Å²) in [4.78, 5) is 4.04. The number of nitrogens with one attached hydrogen (secondary N) is 1. The molecule has 74 valence electrons. The van der Waals surface area contributed by atoms with Crippen LogP contribution in [0.1, 0.15) is 19.4 Å². The van der Waals surface area contributed by atoms with Crippen molar-refractivity contribution in [3.63, 3.8) is 0 Å². The van der Waals surface area contributed by atoms with Crippen molar-refractivity contribution in [1.82, 2.24) is 4.98 Å². The second-order valence-electron chi connectivity index (χ2n) is 3.71. The van der Waals surface area contributed by atoms with Crippen LogP contribution in [0.25, 0.3) is 0 Å². The van der Waals surface area contributed by atoms with E-state index in [0.29, 0.717) is 11.4 Å². The average molecular weight is 191 g/mol.